The van der Waals surface area contributed by atoms with Crippen LogP contribution in [0.15, 0.2) is 12.5 Å². The molecule has 1 aromatic heterocycles. The molecular weight excluding hydrogens is 570 g/mol. The van der Waals surface area contributed by atoms with Crippen LogP contribution in [-0.2, 0) is 35.2 Å². The number of carbonyl (C=O) groups excluding carboxylic acids is 5. The minimum atomic E-state index is -1.67. The predicted molar refractivity (Wildman–Crippen MR) is 149 cm³/mol. The molecule has 2 heterocycles. The molecule has 0 spiro atoms. The first-order chi connectivity index (χ1) is 20.4. The smallest absolute Gasteiger partial charge is 0.326 e. The fraction of sp³-hybridized carbons (Fsp3) is 0.583. The van der Waals surface area contributed by atoms with E-state index in [2.05, 4.69) is 41.9 Å². The highest BCUT2D eigenvalue weighted by Crippen LogP contribution is 2.07. The summed E-state index contributed by atoms with van der Waals surface area (Å²) >= 11 is 0. The lowest BCUT2D eigenvalue weighted by molar-refractivity contribution is -0.143. The van der Waals surface area contributed by atoms with Crippen LogP contribution in [0.1, 0.15) is 37.8 Å². The van der Waals surface area contributed by atoms with Gasteiger partial charge in [0.1, 0.15) is 24.2 Å². The zero-order chi connectivity index (χ0) is 31.9. The Hall–Kier alpha value is -4.78. The highest BCUT2D eigenvalue weighted by Gasteiger charge is 2.33. The van der Waals surface area contributed by atoms with Crippen LogP contribution in [0, 0.1) is 5.41 Å². The second-order valence-corrected chi connectivity index (χ2v) is 9.83. The first-order valence-electron chi connectivity index (χ1n) is 13.5. The number of nitrogens with two attached hydrogens (primary N) is 2. The predicted octanol–water partition coefficient (Wildman–Crippen LogP) is -5.14. The number of primary amides is 1. The number of aromatic nitrogens is 2. The lowest BCUT2D eigenvalue weighted by atomic mass is 10.1. The van der Waals surface area contributed by atoms with Gasteiger partial charge in [0.15, 0.2) is 5.96 Å². The summed E-state index contributed by atoms with van der Waals surface area (Å²) in [4.78, 5) is 81.5. The monoisotopic (exact) mass is 609 g/mol. The summed E-state index contributed by atoms with van der Waals surface area (Å²) in [5.41, 5.74) is 10.8. The molecule has 238 valence electrons. The largest absolute Gasteiger partial charge is 0.480 e. The van der Waals surface area contributed by atoms with E-state index in [1.165, 1.54) is 12.5 Å². The summed E-state index contributed by atoms with van der Waals surface area (Å²) < 4.78 is 0. The van der Waals surface area contributed by atoms with Gasteiger partial charge in [-0.2, -0.15) is 0 Å². The van der Waals surface area contributed by atoms with Crippen molar-refractivity contribution in [3.05, 3.63) is 18.2 Å². The Morgan fingerprint density at radius 2 is 1.65 bits per heavy atom. The summed E-state index contributed by atoms with van der Waals surface area (Å²) in [6, 6.07) is -6.28. The summed E-state index contributed by atoms with van der Waals surface area (Å²) in [5, 5.41) is 41.5. The molecule has 0 saturated carbocycles. The highest BCUT2D eigenvalue weighted by atomic mass is 16.4. The number of aliphatic hydroxyl groups is 1. The number of aliphatic hydroxyl groups excluding tert-OH is 1. The number of guanidine groups is 1. The van der Waals surface area contributed by atoms with Crippen molar-refractivity contribution in [2.75, 3.05) is 19.7 Å². The average molecular weight is 610 g/mol. The first kappa shape index (κ1) is 34.4. The fourth-order valence-corrected chi connectivity index (χ4v) is 4.21. The molecule has 1 aliphatic rings. The van der Waals surface area contributed by atoms with Crippen LogP contribution >= 0.6 is 0 Å². The van der Waals surface area contributed by atoms with Gasteiger partial charge in [-0.3, -0.25) is 29.4 Å². The topological polar surface area (TPSA) is 320 Å². The molecule has 1 aliphatic heterocycles. The number of aliphatic carboxylic acids is 1. The second kappa shape index (κ2) is 17.2. The van der Waals surface area contributed by atoms with E-state index in [0.717, 1.165) is 6.42 Å². The molecule has 5 atom stereocenters. The molecule has 19 heteroatoms. The number of nitrogens with one attached hydrogen (secondary N) is 8. The maximum Gasteiger partial charge on any atom is 0.326 e. The van der Waals surface area contributed by atoms with Crippen molar-refractivity contribution in [3.8, 4) is 0 Å². The van der Waals surface area contributed by atoms with Crippen LogP contribution in [0.5, 0.6) is 0 Å². The molecular formula is C24H39N11O8. The van der Waals surface area contributed by atoms with Crippen molar-refractivity contribution in [1.29, 1.82) is 5.41 Å². The quantitative estimate of drug-likeness (QED) is 0.0422. The van der Waals surface area contributed by atoms with Crippen LogP contribution < -0.4 is 43.4 Å². The number of carboxylic acids is 1. The first-order valence-corrected chi connectivity index (χ1v) is 13.5. The molecule has 1 aromatic rings. The van der Waals surface area contributed by atoms with Crippen LogP contribution in [0.2, 0.25) is 0 Å². The van der Waals surface area contributed by atoms with Gasteiger partial charge in [-0.15, -0.1) is 0 Å². The van der Waals surface area contributed by atoms with Gasteiger partial charge in [-0.25, -0.2) is 9.78 Å². The molecule has 19 nitrogen and oxygen atoms in total. The lowest BCUT2D eigenvalue weighted by Gasteiger charge is -2.25. The van der Waals surface area contributed by atoms with Gasteiger partial charge in [0.2, 0.25) is 29.5 Å². The van der Waals surface area contributed by atoms with Gasteiger partial charge in [-0.1, -0.05) is 0 Å². The Bertz CT molecular complexity index is 1140. The SMILES string of the molecule is N=C(N)NCCC[C@H](NC(=O)[C@H](CO)NC(=O)[C@H](Cc1c[nH]cn1)NC(=O)[C@@H]1CCCN1)C(=O)N[C@@H](CC(N)=O)C(=O)O. The minimum Gasteiger partial charge on any atom is -0.480 e. The highest BCUT2D eigenvalue weighted by molar-refractivity contribution is 5.96. The van der Waals surface area contributed by atoms with Gasteiger partial charge in [0, 0.05) is 19.2 Å². The van der Waals surface area contributed by atoms with Crippen LogP contribution in [0.4, 0.5) is 0 Å². The Kier molecular flexibility index (Phi) is 13.8. The number of amides is 5. The van der Waals surface area contributed by atoms with Crippen molar-refractivity contribution in [1.82, 2.24) is 41.9 Å². The van der Waals surface area contributed by atoms with Gasteiger partial charge >= 0.3 is 5.97 Å². The molecule has 0 unspecified atom stereocenters. The van der Waals surface area contributed by atoms with Gasteiger partial charge in [-0.05, 0) is 32.2 Å². The molecule has 0 bridgehead atoms. The zero-order valence-corrected chi connectivity index (χ0v) is 23.4. The third-order valence-corrected chi connectivity index (χ3v) is 6.43. The van der Waals surface area contributed by atoms with Crippen molar-refractivity contribution >= 4 is 41.5 Å². The number of carbonyl (C=O) groups is 6. The molecule has 43 heavy (non-hydrogen) atoms. The zero-order valence-electron chi connectivity index (χ0n) is 23.4. The molecule has 0 radical (unpaired) electrons. The molecule has 0 aromatic carbocycles. The van der Waals surface area contributed by atoms with Crippen LogP contribution in [0.3, 0.4) is 0 Å². The maximum absolute atomic E-state index is 13.2. The standard InChI is InChI=1S/C24H39N11O8/c25-18(37)8-16(23(42)43)34-20(39)14(4-2-6-30-24(26)27)32-22(41)17(10-36)35-21(40)15(7-12-9-28-11-31-12)33-19(38)13-3-1-5-29-13/h9,11,13-17,29,36H,1-8,10H2,(H2,25,37)(H,28,31)(H,32,41)(H,33,38)(H,34,39)(H,35,40)(H,42,43)(H4,26,27,30)/t13-,14-,15-,16-,17-/m0/s1. The van der Waals surface area contributed by atoms with E-state index in [-0.39, 0.29) is 31.8 Å². The third-order valence-electron chi connectivity index (χ3n) is 6.43. The molecule has 1 fully saturated rings. The maximum atomic E-state index is 13.2. The van der Waals surface area contributed by atoms with Gasteiger partial charge < -0.3 is 58.6 Å². The Morgan fingerprint density at radius 1 is 1.00 bits per heavy atom. The number of imidazole rings is 1. The molecule has 0 aliphatic carbocycles. The van der Waals surface area contributed by atoms with E-state index in [9.17, 15) is 39.0 Å². The second-order valence-electron chi connectivity index (χ2n) is 9.83. The van der Waals surface area contributed by atoms with E-state index in [1.807, 2.05) is 0 Å². The van der Waals surface area contributed by atoms with E-state index < -0.39 is 78.7 Å². The Labute approximate surface area is 246 Å². The van der Waals surface area contributed by atoms with Crippen molar-refractivity contribution in [2.24, 2.45) is 11.5 Å². The van der Waals surface area contributed by atoms with E-state index in [0.29, 0.717) is 18.7 Å². The molecule has 5 amide bonds. The number of hydrogen-bond acceptors (Lipinski definition) is 10. The number of rotatable bonds is 18. The molecule has 14 N–H and O–H groups in total. The number of hydrogen-bond donors (Lipinski definition) is 12. The van der Waals surface area contributed by atoms with Crippen molar-refractivity contribution in [2.45, 2.75) is 68.7 Å². The van der Waals surface area contributed by atoms with Crippen molar-refractivity contribution < 1.29 is 39.0 Å². The summed E-state index contributed by atoms with van der Waals surface area (Å²) in [6.45, 7) is -0.107. The van der Waals surface area contributed by atoms with E-state index in [1.54, 1.807) is 0 Å². The molecule has 2 rings (SSSR count). The average Bonchev–Trinajstić information content (AvgIpc) is 3.66. The number of carboxylic acid groups (broad SMARTS) is 1. The number of aromatic amines is 1. The fourth-order valence-electron chi connectivity index (χ4n) is 4.21. The normalized spacial score (nSPS) is 17.0. The van der Waals surface area contributed by atoms with Crippen LogP contribution in [-0.4, -0.2) is 112 Å². The van der Waals surface area contributed by atoms with Crippen LogP contribution in [0.25, 0.3) is 0 Å². The van der Waals surface area contributed by atoms with E-state index >= 15 is 0 Å². The lowest BCUT2D eigenvalue weighted by Crippen LogP contribution is -2.59. The Balaban J connectivity index is 2.14. The number of nitrogens with zero attached hydrogens (tertiary/aromatic N) is 1. The Morgan fingerprint density at radius 3 is 2.21 bits per heavy atom. The van der Waals surface area contributed by atoms with E-state index in [4.69, 9.17) is 16.9 Å². The summed E-state index contributed by atoms with van der Waals surface area (Å²) in [5.74, 6) is -6.03. The third kappa shape index (κ3) is 11.9. The summed E-state index contributed by atoms with van der Waals surface area (Å²) in [6.07, 6.45) is 3.65. The van der Waals surface area contributed by atoms with Gasteiger partial charge in [0.25, 0.3) is 0 Å². The van der Waals surface area contributed by atoms with Gasteiger partial charge in [0.05, 0.1) is 31.1 Å². The minimum absolute atomic E-state index is 0.0296. The number of H-pyrrole nitrogens is 1. The molecule has 1 saturated heterocycles. The van der Waals surface area contributed by atoms with Crippen molar-refractivity contribution in [3.63, 3.8) is 0 Å². The summed E-state index contributed by atoms with van der Waals surface area (Å²) in [7, 11) is 0.